The molecule has 2 nitrogen and oxygen atoms in total. The summed E-state index contributed by atoms with van der Waals surface area (Å²) in [6.07, 6.45) is 0. The molecule has 0 saturated carbocycles. The molecule has 1 atom stereocenters. The van der Waals surface area contributed by atoms with E-state index in [9.17, 15) is 4.57 Å². The Morgan fingerprint density at radius 2 is 1.92 bits per heavy atom. The second-order valence-electron chi connectivity index (χ2n) is 2.29. The van der Waals surface area contributed by atoms with Crippen molar-refractivity contribution in [2.24, 2.45) is 0 Å². The Balaban J connectivity index is 2.78. The molecular weight excluding hydrogens is 262 g/mol. The van der Waals surface area contributed by atoms with Crippen LogP contribution in [0.5, 0.6) is 5.75 Å². The van der Waals surface area contributed by atoms with Gasteiger partial charge in [-0.1, -0.05) is 15.9 Å². The average Bonchev–Trinajstić information content (AvgIpc) is 1.91. The Kier molecular flexibility index (Phi) is 3.22. The molecule has 0 bridgehead atoms. The Morgan fingerprint density at radius 1 is 1.42 bits per heavy atom. The third-order valence-electron chi connectivity index (χ3n) is 1.08. The molecule has 66 valence electrons. The van der Waals surface area contributed by atoms with Gasteiger partial charge in [-0.3, -0.25) is 4.57 Å². The third-order valence-corrected chi connectivity index (χ3v) is 2.35. The van der Waals surface area contributed by atoms with E-state index < -0.39 is 6.72 Å². The summed E-state index contributed by atoms with van der Waals surface area (Å²) in [6.45, 7) is -1.59. The molecule has 1 aromatic rings. The normalized spacial score (nSPS) is 15.2. The number of hydrogen-bond donors (Lipinski definition) is 0. The topological polar surface area (TPSA) is 26.3 Å². The maximum atomic E-state index is 11.0. The van der Waals surface area contributed by atoms with Crippen molar-refractivity contribution >= 4 is 33.9 Å². The Bertz CT molecular complexity index is 306. The summed E-state index contributed by atoms with van der Waals surface area (Å²) >= 11 is 8.70. The second kappa shape index (κ2) is 3.82. The smallest absolute Gasteiger partial charge is 0.333 e. The molecule has 0 aliphatic carbocycles. The van der Waals surface area contributed by atoms with E-state index in [1.807, 2.05) is 0 Å². The molecule has 0 fully saturated rings. The molecule has 0 aliphatic heterocycles. The summed E-state index contributed by atoms with van der Waals surface area (Å²) in [4.78, 5) is 0. The Morgan fingerprint density at radius 3 is 2.33 bits per heavy atom. The monoisotopic (exact) mass is 268 g/mol. The highest BCUT2D eigenvalue weighted by molar-refractivity contribution is 9.10. The molecule has 0 spiro atoms. The van der Waals surface area contributed by atoms with Gasteiger partial charge in [-0.2, -0.15) is 0 Å². The quantitative estimate of drug-likeness (QED) is 0.761. The molecule has 0 radical (unpaired) electrons. The third kappa shape index (κ3) is 3.61. The SMILES string of the molecule is CP(=O)(Cl)Oc1ccc(Br)cc1. The van der Waals surface area contributed by atoms with Crippen molar-refractivity contribution in [1.82, 2.24) is 0 Å². The molecule has 5 heteroatoms. The largest absolute Gasteiger partial charge is 0.433 e. The first kappa shape index (κ1) is 10.1. The van der Waals surface area contributed by atoms with Gasteiger partial charge in [0.25, 0.3) is 0 Å². The molecule has 0 amide bonds. The first-order chi connectivity index (χ1) is 5.47. The fraction of sp³-hybridized carbons (Fsp3) is 0.143. The van der Waals surface area contributed by atoms with Crippen molar-refractivity contribution in [1.29, 1.82) is 0 Å². The van der Waals surface area contributed by atoms with E-state index in [0.717, 1.165) is 4.47 Å². The van der Waals surface area contributed by atoms with Gasteiger partial charge in [0, 0.05) is 11.1 Å². The molecule has 1 unspecified atom stereocenters. The lowest BCUT2D eigenvalue weighted by molar-refractivity contribution is 0.504. The van der Waals surface area contributed by atoms with Crippen LogP contribution >= 0.6 is 33.9 Å². The molecule has 12 heavy (non-hydrogen) atoms. The van der Waals surface area contributed by atoms with E-state index in [0.29, 0.717) is 5.75 Å². The maximum absolute atomic E-state index is 11.0. The van der Waals surface area contributed by atoms with E-state index in [1.54, 1.807) is 24.3 Å². The van der Waals surface area contributed by atoms with E-state index in [4.69, 9.17) is 15.8 Å². The van der Waals surface area contributed by atoms with Crippen LogP contribution in [0.1, 0.15) is 0 Å². The zero-order chi connectivity index (χ0) is 9.19. The van der Waals surface area contributed by atoms with Crippen molar-refractivity contribution < 1.29 is 9.09 Å². The van der Waals surface area contributed by atoms with Gasteiger partial charge in [0.1, 0.15) is 5.75 Å². The van der Waals surface area contributed by atoms with Crippen LogP contribution in [0.15, 0.2) is 28.7 Å². The van der Waals surface area contributed by atoms with Crippen LogP contribution in [0, 0.1) is 0 Å². The lowest BCUT2D eigenvalue weighted by Gasteiger charge is -2.06. The van der Waals surface area contributed by atoms with Crippen LogP contribution in [-0.2, 0) is 4.57 Å². The lowest BCUT2D eigenvalue weighted by Crippen LogP contribution is -1.83. The summed E-state index contributed by atoms with van der Waals surface area (Å²) < 4.78 is 16.9. The summed E-state index contributed by atoms with van der Waals surface area (Å²) in [5, 5.41) is 0. The van der Waals surface area contributed by atoms with Gasteiger partial charge in [-0.05, 0) is 35.5 Å². The molecule has 0 N–H and O–H groups in total. The van der Waals surface area contributed by atoms with Gasteiger partial charge in [-0.25, -0.2) is 0 Å². The standard InChI is InChI=1S/C7H7BrClO2P/c1-12(9,10)11-7-4-2-6(8)3-5-7/h2-5H,1H3. The van der Waals surface area contributed by atoms with Crippen molar-refractivity contribution in [3.05, 3.63) is 28.7 Å². The van der Waals surface area contributed by atoms with Crippen molar-refractivity contribution in [3.8, 4) is 5.75 Å². The summed E-state index contributed by atoms with van der Waals surface area (Å²) in [7, 11) is 0. The van der Waals surface area contributed by atoms with E-state index in [-0.39, 0.29) is 0 Å². The van der Waals surface area contributed by atoms with E-state index in [1.165, 1.54) is 6.66 Å². The number of rotatable bonds is 2. The van der Waals surface area contributed by atoms with Crippen LogP contribution in [0.2, 0.25) is 0 Å². The average molecular weight is 269 g/mol. The molecule has 0 aliphatic rings. The van der Waals surface area contributed by atoms with Gasteiger partial charge in [0.15, 0.2) is 0 Å². The van der Waals surface area contributed by atoms with E-state index in [2.05, 4.69) is 15.9 Å². The lowest BCUT2D eigenvalue weighted by atomic mass is 10.3. The Hall–Kier alpha value is 0.0200. The highest BCUT2D eigenvalue weighted by atomic mass is 79.9. The minimum Gasteiger partial charge on any atom is -0.433 e. The van der Waals surface area contributed by atoms with Gasteiger partial charge in [0.05, 0.1) is 0 Å². The first-order valence-corrected chi connectivity index (χ1v) is 6.97. The van der Waals surface area contributed by atoms with Gasteiger partial charge in [-0.15, -0.1) is 0 Å². The van der Waals surface area contributed by atoms with E-state index >= 15 is 0 Å². The zero-order valence-electron chi connectivity index (χ0n) is 6.33. The van der Waals surface area contributed by atoms with Crippen molar-refractivity contribution in [3.63, 3.8) is 0 Å². The van der Waals surface area contributed by atoms with Crippen molar-refractivity contribution in [2.75, 3.05) is 6.66 Å². The van der Waals surface area contributed by atoms with Crippen LogP contribution in [-0.4, -0.2) is 6.66 Å². The highest BCUT2D eigenvalue weighted by Gasteiger charge is 2.11. The summed E-state index contributed by atoms with van der Waals surface area (Å²) in [5.41, 5.74) is 0. The zero-order valence-corrected chi connectivity index (χ0v) is 9.57. The van der Waals surface area contributed by atoms with Crippen LogP contribution in [0.3, 0.4) is 0 Å². The minimum atomic E-state index is -2.95. The minimum absolute atomic E-state index is 0.513. The highest BCUT2D eigenvalue weighted by Crippen LogP contribution is 2.48. The molecule has 1 rings (SSSR count). The fourth-order valence-corrected chi connectivity index (χ4v) is 1.69. The maximum Gasteiger partial charge on any atom is 0.333 e. The number of halogens is 2. The predicted octanol–water partition coefficient (Wildman–Crippen LogP) is 3.89. The molecule has 0 saturated heterocycles. The fourth-order valence-electron chi connectivity index (χ4n) is 0.684. The molecule has 0 aromatic heterocycles. The second-order valence-corrected chi connectivity index (χ2v) is 6.73. The van der Waals surface area contributed by atoms with Crippen LogP contribution in [0.25, 0.3) is 0 Å². The molecular formula is C7H7BrClO2P. The van der Waals surface area contributed by atoms with Crippen LogP contribution < -0.4 is 4.52 Å². The van der Waals surface area contributed by atoms with Gasteiger partial charge < -0.3 is 4.52 Å². The number of benzene rings is 1. The van der Waals surface area contributed by atoms with Gasteiger partial charge >= 0.3 is 6.72 Å². The molecule has 1 aromatic carbocycles. The first-order valence-electron chi connectivity index (χ1n) is 3.20. The number of hydrogen-bond acceptors (Lipinski definition) is 2. The molecule has 0 heterocycles. The Labute approximate surface area is 84.2 Å². The van der Waals surface area contributed by atoms with Crippen molar-refractivity contribution in [2.45, 2.75) is 0 Å². The summed E-state index contributed by atoms with van der Waals surface area (Å²) in [5.74, 6) is 0.513. The summed E-state index contributed by atoms with van der Waals surface area (Å²) in [6, 6.07) is 6.98. The van der Waals surface area contributed by atoms with Crippen LogP contribution in [0.4, 0.5) is 0 Å². The predicted molar refractivity (Wildman–Crippen MR) is 54.2 cm³/mol. The van der Waals surface area contributed by atoms with Gasteiger partial charge in [0.2, 0.25) is 0 Å².